The van der Waals surface area contributed by atoms with Gasteiger partial charge in [0.15, 0.2) is 0 Å². The number of hydrogen-bond acceptors (Lipinski definition) is 1. The van der Waals surface area contributed by atoms with Crippen LogP contribution in [0, 0.1) is 5.92 Å². The van der Waals surface area contributed by atoms with Crippen LogP contribution in [-0.4, -0.2) is 6.61 Å². The maximum Gasteiger partial charge on any atom is 0.119 e. The molecule has 0 aliphatic heterocycles. The second kappa shape index (κ2) is 10.5. The number of hydrogen-bond donors (Lipinski definition) is 0. The third kappa shape index (κ3) is 6.37. The second-order valence-electron chi connectivity index (χ2n) is 6.78. The fourth-order valence-electron chi connectivity index (χ4n) is 3.56. The lowest BCUT2D eigenvalue weighted by atomic mass is 9.77. The van der Waals surface area contributed by atoms with E-state index in [4.69, 9.17) is 4.74 Å². The lowest BCUT2D eigenvalue weighted by molar-refractivity contribution is 0.304. The van der Waals surface area contributed by atoms with Crippen LogP contribution in [-0.2, 0) is 0 Å². The number of unbranched alkanes of at least 4 members (excludes halogenated alkanes) is 2. The zero-order chi connectivity index (χ0) is 16.3. The summed E-state index contributed by atoms with van der Waals surface area (Å²) in [4.78, 5) is 0. The van der Waals surface area contributed by atoms with Crippen molar-refractivity contribution in [3.05, 3.63) is 42.2 Å². The molecule has 0 N–H and O–H groups in total. The highest BCUT2D eigenvalue weighted by molar-refractivity contribution is 5.29. The predicted octanol–water partition coefficient (Wildman–Crippen LogP) is 6.79. The van der Waals surface area contributed by atoms with Crippen LogP contribution in [0.1, 0.15) is 76.2 Å². The van der Waals surface area contributed by atoms with Crippen LogP contribution in [0.4, 0.5) is 4.39 Å². The van der Waals surface area contributed by atoms with Gasteiger partial charge in [-0.2, -0.15) is 0 Å². The Balaban J connectivity index is 1.73. The van der Waals surface area contributed by atoms with Crippen molar-refractivity contribution in [3.63, 3.8) is 0 Å². The molecule has 0 bridgehead atoms. The summed E-state index contributed by atoms with van der Waals surface area (Å²) < 4.78 is 17.8. The van der Waals surface area contributed by atoms with Crippen molar-refractivity contribution in [2.45, 2.75) is 70.6 Å². The largest absolute Gasteiger partial charge is 0.494 e. The summed E-state index contributed by atoms with van der Waals surface area (Å²) in [6.45, 7) is 3.03. The maximum absolute atomic E-state index is 12.0. The molecule has 0 atom stereocenters. The summed E-state index contributed by atoms with van der Waals surface area (Å²) in [6, 6.07) is 8.73. The van der Waals surface area contributed by atoms with E-state index in [-0.39, 0.29) is 0 Å². The number of benzene rings is 1. The average molecular weight is 318 g/mol. The highest BCUT2D eigenvalue weighted by Crippen LogP contribution is 2.37. The third-order valence-electron chi connectivity index (χ3n) is 5.05. The van der Waals surface area contributed by atoms with E-state index < -0.39 is 0 Å². The van der Waals surface area contributed by atoms with E-state index in [1.165, 1.54) is 44.1 Å². The van der Waals surface area contributed by atoms with E-state index in [9.17, 15) is 4.39 Å². The molecule has 23 heavy (non-hydrogen) atoms. The van der Waals surface area contributed by atoms with Crippen LogP contribution in [0.25, 0.3) is 0 Å². The van der Waals surface area contributed by atoms with Crippen LogP contribution in [0.2, 0.25) is 0 Å². The Morgan fingerprint density at radius 1 is 1.09 bits per heavy atom. The van der Waals surface area contributed by atoms with E-state index in [0.29, 0.717) is 12.2 Å². The molecule has 2 rings (SSSR count). The molecule has 2 heteroatoms. The van der Waals surface area contributed by atoms with Crippen molar-refractivity contribution in [2.75, 3.05) is 6.61 Å². The Bertz CT molecular complexity index is 443. The molecule has 1 nitrogen and oxygen atoms in total. The standard InChI is InChI=1S/C21H31FO/c1-2-3-6-17-23-21-14-12-20(13-15-21)19-10-8-18(9-11-19)7-4-5-16-22/h5,12-16,18-19H,2-4,6-11,17H2,1H3. The van der Waals surface area contributed by atoms with Crippen molar-refractivity contribution >= 4 is 0 Å². The number of halogens is 1. The van der Waals surface area contributed by atoms with Gasteiger partial charge in [0.1, 0.15) is 5.75 Å². The van der Waals surface area contributed by atoms with Crippen molar-refractivity contribution < 1.29 is 9.13 Å². The van der Waals surface area contributed by atoms with E-state index in [1.54, 1.807) is 6.08 Å². The van der Waals surface area contributed by atoms with Gasteiger partial charge in [0.2, 0.25) is 0 Å². The first-order valence-corrected chi connectivity index (χ1v) is 9.31. The predicted molar refractivity (Wildman–Crippen MR) is 95.6 cm³/mol. The zero-order valence-electron chi connectivity index (χ0n) is 14.5. The average Bonchev–Trinajstić information content (AvgIpc) is 2.60. The van der Waals surface area contributed by atoms with Gasteiger partial charge in [-0.15, -0.1) is 0 Å². The minimum absolute atomic E-state index is 0.678. The highest BCUT2D eigenvalue weighted by Gasteiger charge is 2.21. The molecule has 0 heterocycles. The lowest BCUT2D eigenvalue weighted by Crippen LogP contribution is -2.13. The Labute approximate surface area is 140 Å². The Morgan fingerprint density at radius 2 is 1.83 bits per heavy atom. The molecule has 0 amide bonds. The summed E-state index contributed by atoms with van der Waals surface area (Å²) in [6.07, 6.45) is 13.0. The van der Waals surface area contributed by atoms with Crippen LogP contribution in [0.5, 0.6) is 5.75 Å². The fourth-order valence-corrected chi connectivity index (χ4v) is 3.56. The lowest BCUT2D eigenvalue weighted by Gasteiger charge is -2.28. The Hall–Kier alpha value is -1.31. The molecule has 0 spiro atoms. The highest BCUT2D eigenvalue weighted by atomic mass is 19.1. The molecule has 0 radical (unpaired) electrons. The van der Waals surface area contributed by atoms with Gasteiger partial charge < -0.3 is 4.74 Å². The molecule has 0 aromatic heterocycles. The first-order chi connectivity index (χ1) is 11.3. The van der Waals surface area contributed by atoms with Crippen molar-refractivity contribution in [1.82, 2.24) is 0 Å². The smallest absolute Gasteiger partial charge is 0.119 e. The quantitative estimate of drug-likeness (QED) is 0.455. The first kappa shape index (κ1) is 18.0. The summed E-state index contributed by atoms with van der Waals surface area (Å²) in [5.41, 5.74) is 1.45. The summed E-state index contributed by atoms with van der Waals surface area (Å²) in [5.74, 6) is 2.47. The van der Waals surface area contributed by atoms with Crippen LogP contribution >= 0.6 is 0 Å². The summed E-state index contributed by atoms with van der Waals surface area (Å²) in [5, 5.41) is 0. The molecule has 1 aliphatic rings. The van der Waals surface area contributed by atoms with Crippen molar-refractivity contribution in [1.29, 1.82) is 0 Å². The molecule has 1 saturated carbocycles. The molecule has 0 unspecified atom stereocenters. The molecule has 0 saturated heterocycles. The van der Waals surface area contributed by atoms with Crippen molar-refractivity contribution in [2.24, 2.45) is 5.92 Å². The molecule has 1 fully saturated rings. The maximum atomic E-state index is 12.0. The third-order valence-corrected chi connectivity index (χ3v) is 5.05. The normalized spacial score (nSPS) is 21.7. The molecule has 1 aromatic carbocycles. The van der Waals surface area contributed by atoms with Crippen LogP contribution < -0.4 is 4.74 Å². The number of ether oxygens (including phenoxy) is 1. The van der Waals surface area contributed by atoms with Crippen molar-refractivity contribution in [3.8, 4) is 5.75 Å². The van der Waals surface area contributed by atoms with E-state index in [0.717, 1.165) is 37.5 Å². The van der Waals surface area contributed by atoms with Gasteiger partial charge in [0.25, 0.3) is 0 Å². The Kier molecular flexibility index (Phi) is 8.20. The van der Waals surface area contributed by atoms with Gasteiger partial charge >= 0.3 is 0 Å². The molecule has 1 aromatic rings. The van der Waals surface area contributed by atoms with Gasteiger partial charge in [-0.3, -0.25) is 0 Å². The first-order valence-electron chi connectivity index (χ1n) is 9.31. The minimum Gasteiger partial charge on any atom is -0.494 e. The molecular formula is C21H31FO. The Morgan fingerprint density at radius 3 is 2.48 bits per heavy atom. The monoisotopic (exact) mass is 318 g/mol. The molecular weight excluding hydrogens is 287 g/mol. The van der Waals surface area contributed by atoms with Gasteiger partial charge in [-0.05, 0) is 74.5 Å². The van der Waals surface area contributed by atoms with Gasteiger partial charge in [-0.25, -0.2) is 4.39 Å². The summed E-state index contributed by atoms with van der Waals surface area (Å²) in [7, 11) is 0. The number of rotatable bonds is 9. The topological polar surface area (TPSA) is 9.23 Å². The van der Waals surface area contributed by atoms with E-state index >= 15 is 0 Å². The van der Waals surface area contributed by atoms with E-state index in [1.807, 2.05) is 0 Å². The zero-order valence-corrected chi connectivity index (χ0v) is 14.5. The van der Waals surface area contributed by atoms with E-state index in [2.05, 4.69) is 31.2 Å². The molecule has 1 aliphatic carbocycles. The minimum atomic E-state index is 0.678. The van der Waals surface area contributed by atoms with Gasteiger partial charge in [0, 0.05) is 0 Å². The summed E-state index contributed by atoms with van der Waals surface area (Å²) >= 11 is 0. The fraction of sp³-hybridized carbons (Fsp3) is 0.619. The van der Waals surface area contributed by atoms with Crippen LogP contribution in [0.15, 0.2) is 36.7 Å². The van der Waals surface area contributed by atoms with Gasteiger partial charge in [-0.1, -0.05) is 38.0 Å². The number of allylic oxidation sites excluding steroid dienone is 1. The SMILES string of the molecule is CCCCCOc1ccc(C2CCC(CCC=CF)CC2)cc1. The second-order valence-corrected chi connectivity index (χ2v) is 6.78. The molecule has 128 valence electrons. The van der Waals surface area contributed by atoms with Gasteiger partial charge in [0.05, 0.1) is 12.9 Å². The van der Waals surface area contributed by atoms with Crippen LogP contribution in [0.3, 0.4) is 0 Å².